The summed E-state index contributed by atoms with van der Waals surface area (Å²) in [5.41, 5.74) is 0.710. The maximum absolute atomic E-state index is 13.5. The number of aliphatic hydroxyl groups excluding tert-OH is 1. The molecule has 1 aromatic heterocycles. The lowest BCUT2D eigenvalue weighted by Gasteiger charge is -2.22. The Balaban J connectivity index is 1.01. The summed E-state index contributed by atoms with van der Waals surface area (Å²) in [5, 5.41) is 17.5. The number of hydrogen-bond donors (Lipinski definition) is 1. The summed E-state index contributed by atoms with van der Waals surface area (Å²) in [6.07, 6.45) is 3.75. The zero-order chi connectivity index (χ0) is 36.4. The normalized spacial score (nSPS) is 14.9. The molecule has 0 unspecified atom stereocenters. The molecule has 1 aliphatic heterocycles. The van der Waals surface area contributed by atoms with Gasteiger partial charge in [-0.2, -0.15) is 0 Å². The summed E-state index contributed by atoms with van der Waals surface area (Å²) in [7, 11) is 0. The standard InChI is InChI=1S/C33H51F3N4O11/c34-27-22-30(35)33(31(36)23-27)51-32(42)3-7-43-10-13-46-16-17-48-15-12-45-9-6-40-24-28(37-38-40)26-50-21-20-49-19-18-47-14-11-44-8-5-39-4-1-2-29(39)25-41/h22-24,29,41H,1-21,25-26H2/t29-/m0/s1. The zero-order valence-corrected chi connectivity index (χ0v) is 29.0. The van der Waals surface area contributed by atoms with Crippen molar-refractivity contribution in [2.75, 3.05) is 119 Å². The predicted octanol–water partition coefficient (Wildman–Crippen LogP) is 1.78. The molecule has 1 atom stereocenters. The van der Waals surface area contributed by atoms with E-state index in [1.807, 2.05) is 0 Å². The fraction of sp³-hybridized carbons (Fsp3) is 0.727. The van der Waals surface area contributed by atoms with Gasteiger partial charge in [0.15, 0.2) is 11.6 Å². The number of carbonyl (C=O) groups excluding carboxylic acids is 1. The van der Waals surface area contributed by atoms with Crippen molar-refractivity contribution >= 4 is 5.97 Å². The van der Waals surface area contributed by atoms with E-state index in [1.54, 1.807) is 10.9 Å². The van der Waals surface area contributed by atoms with Crippen LogP contribution < -0.4 is 4.74 Å². The molecule has 1 aromatic carbocycles. The van der Waals surface area contributed by atoms with Crippen LogP contribution in [-0.2, 0) is 55.8 Å². The summed E-state index contributed by atoms with van der Waals surface area (Å²) >= 11 is 0. The number of esters is 1. The first kappa shape index (κ1) is 42.6. The average Bonchev–Trinajstić information content (AvgIpc) is 3.77. The Morgan fingerprint density at radius 3 is 1.80 bits per heavy atom. The Morgan fingerprint density at radius 2 is 1.24 bits per heavy atom. The van der Waals surface area contributed by atoms with Crippen LogP contribution in [0.1, 0.15) is 25.0 Å². The molecule has 3 rings (SSSR count). The molecule has 18 heteroatoms. The molecule has 2 aromatic rings. The topological polar surface area (TPSA) is 154 Å². The maximum Gasteiger partial charge on any atom is 0.313 e. The number of carbonyl (C=O) groups is 1. The van der Waals surface area contributed by atoms with Gasteiger partial charge in [0.05, 0.1) is 131 Å². The van der Waals surface area contributed by atoms with Crippen molar-refractivity contribution in [1.29, 1.82) is 0 Å². The first-order chi connectivity index (χ1) is 25.0. The lowest BCUT2D eigenvalue weighted by molar-refractivity contribution is -0.136. The summed E-state index contributed by atoms with van der Waals surface area (Å²) in [6, 6.07) is 1.13. The Bertz CT molecular complexity index is 1190. The highest BCUT2D eigenvalue weighted by Crippen LogP contribution is 2.23. The second-order valence-electron chi connectivity index (χ2n) is 11.2. The molecule has 0 aliphatic carbocycles. The van der Waals surface area contributed by atoms with Crippen LogP contribution in [0.2, 0.25) is 0 Å². The highest BCUT2D eigenvalue weighted by Gasteiger charge is 2.22. The van der Waals surface area contributed by atoms with Crippen LogP contribution in [0.15, 0.2) is 18.3 Å². The van der Waals surface area contributed by atoms with E-state index in [0.29, 0.717) is 110 Å². The van der Waals surface area contributed by atoms with E-state index in [2.05, 4.69) is 19.9 Å². The van der Waals surface area contributed by atoms with Crippen LogP contribution >= 0.6 is 0 Å². The van der Waals surface area contributed by atoms with Gasteiger partial charge in [0, 0.05) is 24.7 Å². The van der Waals surface area contributed by atoms with Crippen LogP contribution in [0, 0.1) is 17.5 Å². The summed E-state index contributed by atoms with van der Waals surface area (Å²) < 4.78 is 90.0. The molecule has 1 N–H and O–H groups in total. The van der Waals surface area contributed by atoms with Gasteiger partial charge in [-0.15, -0.1) is 5.10 Å². The third kappa shape index (κ3) is 19.0. The monoisotopic (exact) mass is 736 g/mol. The molecular weight excluding hydrogens is 685 g/mol. The summed E-state index contributed by atoms with van der Waals surface area (Å²) in [4.78, 5) is 14.0. The highest BCUT2D eigenvalue weighted by molar-refractivity contribution is 5.72. The van der Waals surface area contributed by atoms with Crippen LogP contribution in [0.4, 0.5) is 13.2 Å². The minimum absolute atomic E-state index is 0.0389. The van der Waals surface area contributed by atoms with E-state index in [4.69, 9.17) is 37.9 Å². The molecule has 1 aliphatic rings. The molecule has 290 valence electrons. The maximum atomic E-state index is 13.5. The van der Waals surface area contributed by atoms with Crippen LogP contribution in [0.25, 0.3) is 0 Å². The van der Waals surface area contributed by atoms with Gasteiger partial charge in [0.1, 0.15) is 11.5 Å². The highest BCUT2D eigenvalue weighted by atomic mass is 19.1. The quantitative estimate of drug-likeness (QED) is 0.0680. The number of halogens is 3. The van der Waals surface area contributed by atoms with Gasteiger partial charge < -0.3 is 47.7 Å². The van der Waals surface area contributed by atoms with Gasteiger partial charge >= 0.3 is 5.97 Å². The van der Waals surface area contributed by atoms with E-state index in [0.717, 1.165) is 25.9 Å². The van der Waals surface area contributed by atoms with E-state index in [1.165, 1.54) is 0 Å². The van der Waals surface area contributed by atoms with Gasteiger partial charge in [0.2, 0.25) is 5.75 Å². The number of hydrogen-bond acceptors (Lipinski definition) is 14. The van der Waals surface area contributed by atoms with Gasteiger partial charge in [-0.1, -0.05) is 5.21 Å². The number of likely N-dealkylation sites (tertiary alicyclic amines) is 1. The number of aliphatic hydroxyl groups is 1. The number of rotatable bonds is 31. The van der Waals surface area contributed by atoms with Crippen molar-refractivity contribution in [3.8, 4) is 5.75 Å². The lowest BCUT2D eigenvalue weighted by atomic mass is 10.2. The summed E-state index contributed by atoms with van der Waals surface area (Å²) in [6.45, 7) is 8.81. The third-order valence-electron chi connectivity index (χ3n) is 7.39. The Kier molecular flexibility index (Phi) is 22.5. The lowest BCUT2D eigenvalue weighted by Crippen LogP contribution is -2.35. The smallest absolute Gasteiger partial charge is 0.313 e. The minimum atomic E-state index is -1.30. The van der Waals surface area contributed by atoms with Crippen molar-refractivity contribution in [1.82, 2.24) is 19.9 Å². The van der Waals surface area contributed by atoms with Gasteiger partial charge in [0.25, 0.3) is 0 Å². The largest absolute Gasteiger partial charge is 0.420 e. The van der Waals surface area contributed by atoms with Crippen molar-refractivity contribution in [2.45, 2.75) is 38.5 Å². The van der Waals surface area contributed by atoms with E-state index in [9.17, 15) is 23.1 Å². The molecule has 51 heavy (non-hydrogen) atoms. The molecule has 15 nitrogen and oxygen atoms in total. The zero-order valence-electron chi connectivity index (χ0n) is 29.0. The van der Waals surface area contributed by atoms with E-state index >= 15 is 0 Å². The first-order valence-electron chi connectivity index (χ1n) is 17.2. The molecule has 1 fully saturated rings. The third-order valence-corrected chi connectivity index (χ3v) is 7.39. The van der Waals surface area contributed by atoms with E-state index < -0.39 is 29.2 Å². The Labute approximate surface area is 296 Å². The molecule has 0 bridgehead atoms. The van der Waals surface area contributed by atoms with Gasteiger partial charge in [-0.05, 0) is 19.4 Å². The summed E-state index contributed by atoms with van der Waals surface area (Å²) in [5.74, 6) is -5.57. The molecular formula is C33H51F3N4O11. The van der Waals surface area contributed by atoms with Crippen molar-refractivity contribution in [2.24, 2.45) is 0 Å². The Morgan fingerprint density at radius 1 is 0.725 bits per heavy atom. The second kappa shape index (κ2) is 26.9. The SMILES string of the molecule is O=C(CCOCCOCCOCCOCCn1cc(COCCOCCOCCOCCN2CCC[C@H]2CO)nn1)Oc1c(F)cc(F)cc1F. The van der Waals surface area contributed by atoms with Crippen LogP contribution in [0.3, 0.4) is 0 Å². The van der Waals surface area contributed by atoms with Crippen LogP contribution in [0.5, 0.6) is 5.75 Å². The second-order valence-corrected chi connectivity index (χ2v) is 11.2. The number of benzene rings is 1. The fourth-order valence-electron chi connectivity index (χ4n) is 4.80. The molecule has 0 spiro atoms. The van der Waals surface area contributed by atoms with Crippen molar-refractivity contribution < 1.29 is 65.7 Å². The molecule has 0 radical (unpaired) electrons. The molecule has 0 saturated carbocycles. The van der Waals surface area contributed by atoms with Crippen LogP contribution in [-0.4, -0.2) is 156 Å². The molecule has 2 heterocycles. The first-order valence-corrected chi connectivity index (χ1v) is 17.2. The van der Waals surface area contributed by atoms with Crippen molar-refractivity contribution in [3.05, 3.63) is 41.5 Å². The molecule has 0 amide bonds. The minimum Gasteiger partial charge on any atom is -0.420 e. The predicted molar refractivity (Wildman–Crippen MR) is 174 cm³/mol. The van der Waals surface area contributed by atoms with Crippen molar-refractivity contribution in [3.63, 3.8) is 0 Å². The van der Waals surface area contributed by atoms with E-state index in [-0.39, 0.29) is 38.9 Å². The van der Waals surface area contributed by atoms with Gasteiger partial charge in [-0.3, -0.25) is 9.69 Å². The van der Waals surface area contributed by atoms with Gasteiger partial charge in [-0.25, -0.2) is 17.9 Å². The number of ether oxygens (including phenoxy) is 9. The number of nitrogens with zero attached hydrogens (tertiary/aromatic N) is 4. The molecule has 1 saturated heterocycles. The number of aromatic nitrogens is 3. The fourth-order valence-corrected chi connectivity index (χ4v) is 4.80. The Hall–Kier alpha value is -2.78. The average molecular weight is 737 g/mol.